The highest BCUT2D eigenvalue weighted by atomic mass is 16.5. The zero-order valence-electron chi connectivity index (χ0n) is 13.1. The van der Waals surface area contributed by atoms with Crippen LogP contribution >= 0.6 is 0 Å². The average molecular weight is 331 g/mol. The van der Waals surface area contributed by atoms with Gasteiger partial charge in [0.15, 0.2) is 0 Å². The standard InChI is InChI=1S/C15H13NO4.C2H4O2/c1-10(17)16-11-6-8-12(9-7-11)20-15(19)13-4-2-3-5-14(13)18;1-2(3)4/h2-9,18H,1H3,(H,16,17);1H3,(H,3,4). The van der Waals surface area contributed by atoms with Gasteiger partial charge in [0, 0.05) is 19.5 Å². The van der Waals surface area contributed by atoms with Gasteiger partial charge in [-0.05, 0) is 36.4 Å². The molecule has 2 aromatic rings. The van der Waals surface area contributed by atoms with E-state index < -0.39 is 11.9 Å². The number of rotatable bonds is 3. The maximum atomic E-state index is 11.8. The lowest BCUT2D eigenvalue weighted by Crippen LogP contribution is -2.09. The van der Waals surface area contributed by atoms with E-state index in [0.29, 0.717) is 11.4 Å². The van der Waals surface area contributed by atoms with E-state index >= 15 is 0 Å². The molecule has 0 aliphatic carbocycles. The van der Waals surface area contributed by atoms with Gasteiger partial charge in [-0.2, -0.15) is 0 Å². The van der Waals surface area contributed by atoms with Crippen molar-refractivity contribution in [1.82, 2.24) is 0 Å². The Balaban J connectivity index is 0.000000648. The van der Waals surface area contributed by atoms with Gasteiger partial charge in [0.25, 0.3) is 5.97 Å². The SMILES string of the molecule is CC(=O)Nc1ccc(OC(=O)c2ccccc2O)cc1.CC(=O)O. The van der Waals surface area contributed by atoms with Crippen LogP contribution in [0.2, 0.25) is 0 Å². The number of hydrogen-bond acceptors (Lipinski definition) is 5. The molecule has 0 unspecified atom stereocenters. The fourth-order valence-corrected chi connectivity index (χ4v) is 1.62. The topological polar surface area (TPSA) is 113 Å². The van der Waals surface area contributed by atoms with Crippen molar-refractivity contribution in [3.05, 3.63) is 54.1 Å². The van der Waals surface area contributed by atoms with Gasteiger partial charge in [-0.15, -0.1) is 0 Å². The molecule has 0 aliphatic heterocycles. The summed E-state index contributed by atoms with van der Waals surface area (Å²) >= 11 is 0. The van der Waals surface area contributed by atoms with Gasteiger partial charge in [-0.25, -0.2) is 4.79 Å². The Morgan fingerprint density at radius 1 is 0.958 bits per heavy atom. The largest absolute Gasteiger partial charge is 0.507 e. The summed E-state index contributed by atoms with van der Waals surface area (Å²) in [5.41, 5.74) is 0.707. The third kappa shape index (κ3) is 6.61. The van der Waals surface area contributed by atoms with Crippen LogP contribution in [0.3, 0.4) is 0 Å². The van der Waals surface area contributed by atoms with Crippen molar-refractivity contribution in [3.63, 3.8) is 0 Å². The van der Waals surface area contributed by atoms with Gasteiger partial charge in [0.05, 0.1) is 0 Å². The highest BCUT2D eigenvalue weighted by molar-refractivity contribution is 5.94. The molecule has 0 bridgehead atoms. The Morgan fingerprint density at radius 2 is 1.50 bits per heavy atom. The number of para-hydroxylation sites is 1. The van der Waals surface area contributed by atoms with Gasteiger partial charge in [-0.1, -0.05) is 12.1 Å². The smallest absolute Gasteiger partial charge is 0.347 e. The first-order valence-electron chi connectivity index (χ1n) is 6.87. The average Bonchev–Trinajstić information content (AvgIpc) is 2.48. The maximum Gasteiger partial charge on any atom is 0.347 e. The van der Waals surface area contributed by atoms with Crippen LogP contribution in [-0.2, 0) is 9.59 Å². The van der Waals surface area contributed by atoms with E-state index in [1.807, 2.05) is 0 Å². The summed E-state index contributed by atoms with van der Waals surface area (Å²) < 4.78 is 5.13. The molecule has 1 amide bonds. The molecule has 7 heteroatoms. The van der Waals surface area contributed by atoms with E-state index in [1.54, 1.807) is 36.4 Å². The second kappa shape index (κ2) is 8.94. The lowest BCUT2D eigenvalue weighted by atomic mass is 10.2. The van der Waals surface area contributed by atoms with Crippen molar-refractivity contribution in [2.45, 2.75) is 13.8 Å². The van der Waals surface area contributed by atoms with E-state index in [0.717, 1.165) is 6.92 Å². The number of aliphatic carboxylic acids is 1. The minimum atomic E-state index is -0.833. The number of carboxylic acids is 1. The molecule has 0 spiro atoms. The van der Waals surface area contributed by atoms with Crippen molar-refractivity contribution in [2.75, 3.05) is 5.32 Å². The zero-order valence-corrected chi connectivity index (χ0v) is 13.1. The van der Waals surface area contributed by atoms with Crippen molar-refractivity contribution < 1.29 is 29.3 Å². The molecule has 0 saturated heterocycles. The van der Waals surface area contributed by atoms with Crippen LogP contribution in [0.25, 0.3) is 0 Å². The van der Waals surface area contributed by atoms with Crippen LogP contribution in [0, 0.1) is 0 Å². The van der Waals surface area contributed by atoms with Gasteiger partial charge in [0.2, 0.25) is 5.91 Å². The van der Waals surface area contributed by atoms with Crippen LogP contribution in [0.4, 0.5) is 5.69 Å². The van der Waals surface area contributed by atoms with Crippen LogP contribution < -0.4 is 10.1 Å². The molecule has 3 N–H and O–H groups in total. The van der Waals surface area contributed by atoms with Crippen molar-refractivity contribution >= 4 is 23.5 Å². The molecule has 0 aromatic heterocycles. The lowest BCUT2D eigenvalue weighted by Gasteiger charge is -2.07. The summed E-state index contributed by atoms with van der Waals surface area (Å²) in [6, 6.07) is 12.5. The predicted molar refractivity (Wildman–Crippen MR) is 87.1 cm³/mol. The first-order chi connectivity index (χ1) is 11.3. The molecule has 0 atom stereocenters. The maximum absolute atomic E-state index is 11.8. The molecule has 0 aliphatic rings. The number of phenolic OH excluding ortho intramolecular Hbond substituents is 1. The Labute approximate surface area is 138 Å². The van der Waals surface area contributed by atoms with Gasteiger partial charge in [0.1, 0.15) is 17.1 Å². The number of phenols is 1. The number of aromatic hydroxyl groups is 1. The number of hydrogen-bond donors (Lipinski definition) is 3. The number of anilines is 1. The first-order valence-corrected chi connectivity index (χ1v) is 6.87. The molecular weight excluding hydrogens is 314 g/mol. The van der Waals surface area contributed by atoms with E-state index in [-0.39, 0.29) is 17.2 Å². The van der Waals surface area contributed by atoms with Gasteiger partial charge >= 0.3 is 5.97 Å². The van der Waals surface area contributed by atoms with Crippen LogP contribution in [0.15, 0.2) is 48.5 Å². The van der Waals surface area contributed by atoms with Crippen molar-refractivity contribution in [2.24, 2.45) is 0 Å². The van der Waals surface area contributed by atoms with Crippen molar-refractivity contribution in [3.8, 4) is 11.5 Å². The second-order valence-corrected chi connectivity index (χ2v) is 4.63. The summed E-state index contributed by atoms with van der Waals surface area (Å²) in [4.78, 5) is 31.7. The quantitative estimate of drug-likeness (QED) is 0.589. The number of amides is 1. The molecule has 0 heterocycles. The minimum absolute atomic E-state index is 0.0958. The van der Waals surface area contributed by atoms with Gasteiger partial charge < -0.3 is 20.3 Å². The summed E-state index contributed by atoms with van der Waals surface area (Å²) in [7, 11) is 0. The number of nitrogens with one attached hydrogen (secondary N) is 1. The summed E-state index contributed by atoms with van der Waals surface area (Å²) in [6.45, 7) is 2.49. The monoisotopic (exact) mass is 331 g/mol. The number of ether oxygens (including phenoxy) is 1. The van der Waals surface area contributed by atoms with Crippen LogP contribution in [-0.4, -0.2) is 28.1 Å². The molecule has 126 valence electrons. The second-order valence-electron chi connectivity index (χ2n) is 4.63. The minimum Gasteiger partial charge on any atom is -0.507 e. The molecule has 0 saturated carbocycles. The molecular formula is C17H17NO6. The molecule has 24 heavy (non-hydrogen) atoms. The third-order valence-corrected chi connectivity index (χ3v) is 2.51. The zero-order chi connectivity index (χ0) is 18.1. The highest BCUT2D eigenvalue weighted by Crippen LogP contribution is 2.20. The summed E-state index contributed by atoms with van der Waals surface area (Å²) in [5.74, 6) is -1.46. The number of carbonyl (C=O) groups excluding carboxylic acids is 2. The summed E-state index contributed by atoms with van der Waals surface area (Å²) in [5, 5.41) is 19.6. The van der Waals surface area contributed by atoms with E-state index in [1.165, 1.54) is 19.1 Å². The third-order valence-electron chi connectivity index (χ3n) is 2.51. The van der Waals surface area contributed by atoms with E-state index in [2.05, 4.69) is 5.32 Å². The predicted octanol–water partition coefficient (Wildman–Crippen LogP) is 2.66. The van der Waals surface area contributed by atoms with Crippen LogP contribution in [0.1, 0.15) is 24.2 Å². The molecule has 7 nitrogen and oxygen atoms in total. The molecule has 0 fully saturated rings. The highest BCUT2D eigenvalue weighted by Gasteiger charge is 2.12. The number of benzene rings is 2. The fourth-order valence-electron chi connectivity index (χ4n) is 1.62. The normalized spacial score (nSPS) is 9.25. The lowest BCUT2D eigenvalue weighted by molar-refractivity contribution is -0.134. The van der Waals surface area contributed by atoms with Crippen molar-refractivity contribution in [1.29, 1.82) is 0 Å². The number of carboxylic acid groups (broad SMARTS) is 1. The Hall–Kier alpha value is -3.35. The first kappa shape index (κ1) is 18.7. The van der Waals surface area contributed by atoms with Crippen LogP contribution in [0.5, 0.6) is 11.5 Å². The van der Waals surface area contributed by atoms with Gasteiger partial charge in [-0.3, -0.25) is 9.59 Å². The Kier molecular flexibility index (Phi) is 6.97. The fraction of sp³-hybridized carbons (Fsp3) is 0.118. The Bertz CT molecular complexity index is 720. The Morgan fingerprint density at radius 3 is 2.00 bits per heavy atom. The molecule has 2 aromatic carbocycles. The molecule has 2 rings (SSSR count). The van der Waals surface area contributed by atoms with E-state index in [4.69, 9.17) is 14.6 Å². The summed E-state index contributed by atoms with van der Waals surface area (Å²) in [6.07, 6.45) is 0. The number of carbonyl (C=O) groups is 3. The van der Waals surface area contributed by atoms with E-state index in [9.17, 15) is 14.7 Å². The number of esters is 1. The molecule has 0 radical (unpaired) electrons.